The van der Waals surface area contributed by atoms with Crippen molar-refractivity contribution in [3.63, 3.8) is 0 Å². The maximum atomic E-state index is 8.45. The zero-order valence-corrected chi connectivity index (χ0v) is 6.84. The van der Waals surface area contributed by atoms with Crippen molar-refractivity contribution in [2.24, 2.45) is 0 Å². The second kappa shape index (κ2) is 8.70. The molecule has 10 heavy (non-hydrogen) atoms. The van der Waals surface area contributed by atoms with Gasteiger partial charge in [0.05, 0.1) is 0 Å². The molecule has 0 atom stereocenters. The summed E-state index contributed by atoms with van der Waals surface area (Å²) in [6.07, 6.45) is 10.1. The Labute approximate surface area is 63.8 Å². The maximum Gasteiger partial charge on any atom is 0.0431 e. The van der Waals surface area contributed by atoms with Gasteiger partial charge >= 0.3 is 0 Å². The second-order valence-electron chi connectivity index (χ2n) is 2.50. The first kappa shape index (κ1) is 9.70. The third-order valence-corrected chi connectivity index (χ3v) is 1.51. The van der Waals surface area contributed by atoms with E-state index in [1.165, 1.54) is 25.7 Å². The SMILES string of the molecule is CC=CCCCCCCO. The van der Waals surface area contributed by atoms with Gasteiger partial charge in [0.2, 0.25) is 0 Å². The Kier molecular flexibility index (Phi) is 8.44. The molecule has 60 valence electrons. The summed E-state index contributed by atoms with van der Waals surface area (Å²) in [4.78, 5) is 0. The fourth-order valence-electron chi connectivity index (χ4n) is 0.894. The molecule has 0 saturated heterocycles. The fraction of sp³-hybridized carbons (Fsp3) is 0.778. The van der Waals surface area contributed by atoms with Crippen molar-refractivity contribution >= 4 is 0 Å². The Morgan fingerprint density at radius 1 is 1.10 bits per heavy atom. The number of hydrogen-bond acceptors (Lipinski definition) is 1. The molecule has 0 amide bonds. The van der Waals surface area contributed by atoms with Gasteiger partial charge in [0, 0.05) is 6.61 Å². The molecule has 0 aliphatic carbocycles. The van der Waals surface area contributed by atoms with Crippen LogP contribution in [-0.4, -0.2) is 11.7 Å². The van der Waals surface area contributed by atoms with Gasteiger partial charge < -0.3 is 5.11 Å². The Morgan fingerprint density at radius 2 is 1.80 bits per heavy atom. The minimum absolute atomic E-state index is 0.351. The zero-order valence-electron chi connectivity index (χ0n) is 6.84. The molecule has 0 saturated carbocycles. The van der Waals surface area contributed by atoms with Gasteiger partial charge in [-0.3, -0.25) is 0 Å². The van der Waals surface area contributed by atoms with Crippen LogP contribution in [0.5, 0.6) is 0 Å². The van der Waals surface area contributed by atoms with E-state index in [0.29, 0.717) is 6.61 Å². The lowest BCUT2D eigenvalue weighted by Gasteiger charge is -1.94. The number of rotatable bonds is 6. The normalized spacial score (nSPS) is 11.0. The summed E-state index contributed by atoms with van der Waals surface area (Å²) in [6, 6.07) is 0. The summed E-state index contributed by atoms with van der Waals surface area (Å²) in [6.45, 7) is 2.40. The molecule has 0 spiro atoms. The minimum atomic E-state index is 0.351. The molecule has 0 aliphatic heterocycles. The molecular weight excluding hydrogens is 124 g/mol. The van der Waals surface area contributed by atoms with Crippen LogP contribution in [0.3, 0.4) is 0 Å². The fourth-order valence-corrected chi connectivity index (χ4v) is 0.894. The van der Waals surface area contributed by atoms with Crippen molar-refractivity contribution in [2.75, 3.05) is 6.61 Å². The van der Waals surface area contributed by atoms with Crippen molar-refractivity contribution in [2.45, 2.75) is 39.0 Å². The second-order valence-corrected chi connectivity index (χ2v) is 2.50. The topological polar surface area (TPSA) is 20.2 Å². The number of allylic oxidation sites excluding steroid dienone is 2. The van der Waals surface area contributed by atoms with Gasteiger partial charge in [0.1, 0.15) is 0 Å². The van der Waals surface area contributed by atoms with E-state index in [1.807, 2.05) is 6.92 Å². The maximum absolute atomic E-state index is 8.45. The first-order valence-corrected chi connectivity index (χ1v) is 4.14. The highest BCUT2D eigenvalue weighted by Crippen LogP contribution is 2.02. The van der Waals surface area contributed by atoms with Crippen LogP contribution < -0.4 is 0 Å². The van der Waals surface area contributed by atoms with Gasteiger partial charge in [0.25, 0.3) is 0 Å². The molecule has 1 heteroatoms. The number of aliphatic hydroxyl groups is 1. The molecular formula is C9H18O. The molecule has 0 aliphatic rings. The van der Waals surface area contributed by atoms with E-state index < -0.39 is 0 Å². The molecule has 0 aromatic rings. The Morgan fingerprint density at radius 3 is 2.40 bits per heavy atom. The van der Waals surface area contributed by atoms with Gasteiger partial charge in [-0.05, 0) is 26.2 Å². The quantitative estimate of drug-likeness (QED) is 0.446. The van der Waals surface area contributed by atoms with Crippen LogP contribution in [0.1, 0.15) is 39.0 Å². The predicted molar refractivity (Wildman–Crippen MR) is 45.0 cm³/mol. The molecule has 0 aromatic heterocycles. The van der Waals surface area contributed by atoms with Crippen LogP contribution >= 0.6 is 0 Å². The van der Waals surface area contributed by atoms with Gasteiger partial charge in [-0.15, -0.1) is 0 Å². The lowest BCUT2D eigenvalue weighted by molar-refractivity contribution is 0.282. The molecule has 0 fully saturated rings. The number of hydrogen-bond donors (Lipinski definition) is 1. The summed E-state index contributed by atoms with van der Waals surface area (Å²) in [5.41, 5.74) is 0. The first-order chi connectivity index (χ1) is 4.91. The molecule has 0 aromatic carbocycles. The summed E-state index contributed by atoms with van der Waals surface area (Å²) in [7, 11) is 0. The highest BCUT2D eigenvalue weighted by Gasteiger charge is 1.85. The van der Waals surface area contributed by atoms with E-state index in [1.54, 1.807) is 0 Å². The van der Waals surface area contributed by atoms with Gasteiger partial charge in [-0.2, -0.15) is 0 Å². The third kappa shape index (κ3) is 7.70. The Bertz CT molecular complexity index is 76.8. The van der Waals surface area contributed by atoms with Crippen molar-refractivity contribution in [3.05, 3.63) is 12.2 Å². The molecule has 0 radical (unpaired) electrons. The van der Waals surface area contributed by atoms with E-state index in [-0.39, 0.29) is 0 Å². The van der Waals surface area contributed by atoms with Crippen LogP contribution in [0.15, 0.2) is 12.2 Å². The van der Waals surface area contributed by atoms with E-state index in [9.17, 15) is 0 Å². The molecule has 0 heterocycles. The lowest BCUT2D eigenvalue weighted by atomic mass is 10.1. The molecule has 0 unspecified atom stereocenters. The van der Waals surface area contributed by atoms with E-state index in [0.717, 1.165) is 6.42 Å². The van der Waals surface area contributed by atoms with Crippen molar-refractivity contribution in [1.82, 2.24) is 0 Å². The van der Waals surface area contributed by atoms with Gasteiger partial charge in [-0.1, -0.05) is 25.0 Å². The number of unbranched alkanes of at least 4 members (excludes halogenated alkanes) is 4. The lowest BCUT2D eigenvalue weighted by Crippen LogP contribution is -1.82. The van der Waals surface area contributed by atoms with Crippen molar-refractivity contribution < 1.29 is 5.11 Å². The van der Waals surface area contributed by atoms with Crippen LogP contribution in [-0.2, 0) is 0 Å². The minimum Gasteiger partial charge on any atom is -0.396 e. The zero-order chi connectivity index (χ0) is 7.66. The average molecular weight is 142 g/mol. The van der Waals surface area contributed by atoms with Crippen molar-refractivity contribution in [1.29, 1.82) is 0 Å². The predicted octanol–water partition coefficient (Wildman–Crippen LogP) is 2.51. The highest BCUT2D eigenvalue weighted by atomic mass is 16.2. The Hall–Kier alpha value is -0.300. The summed E-state index contributed by atoms with van der Waals surface area (Å²) in [5, 5.41) is 8.45. The molecule has 0 bridgehead atoms. The van der Waals surface area contributed by atoms with Crippen LogP contribution in [0.2, 0.25) is 0 Å². The summed E-state index contributed by atoms with van der Waals surface area (Å²) < 4.78 is 0. The molecule has 1 N–H and O–H groups in total. The summed E-state index contributed by atoms with van der Waals surface area (Å²) in [5.74, 6) is 0. The smallest absolute Gasteiger partial charge is 0.0431 e. The van der Waals surface area contributed by atoms with E-state index in [4.69, 9.17) is 5.11 Å². The first-order valence-electron chi connectivity index (χ1n) is 4.14. The third-order valence-electron chi connectivity index (χ3n) is 1.51. The van der Waals surface area contributed by atoms with Crippen molar-refractivity contribution in [3.8, 4) is 0 Å². The van der Waals surface area contributed by atoms with E-state index >= 15 is 0 Å². The van der Waals surface area contributed by atoms with Crippen LogP contribution in [0.4, 0.5) is 0 Å². The average Bonchev–Trinajstić information content (AvgIpc) is 1.97. The van der Waals surface area contributed by atoms with Crippen LogP contribution in [0, 0.1) is 0 Å². The van der Waals surface area contributed by atoms with Gasteiger partial charge in [0.15, 0.2) is 0 Å². The monoisotopic (exact) mass is 142 g/mol. The van der Waals surface area contributed by atoms with Crippen LogP contribution in [0.25, 0.3) is 0 Å². The van der Waals surface area contributed by atoms with E-state index in [2.05, 4.69) is 12.2 Å². The summed E-state index contributed by atoms with van der Waals surface area (Å²) >= 11 is 0. The highest BCUT2D eigenvalue weighted by molar-refractivity contribution is 4.76. The molecule has 1 nitrogen and oxygen atoms in total. The molecule has 0 rings (SSSR count). The number of aliphatic hydroxyl groups excluding tert-OH is 1. The van der Waals surface area contributed by atoms with Gasteiger partial charge in [-0.25, -0.2) is 0 Å². The standard InChI is InChI=1S/C9H18O/c1-2-3-4-5-6-7-8-9-10/h2-3,10H,4-9H2,1H3. The largest absolute Gasteiger partial charge is 0.396 e. The Balaban J connectivity index is 2.77.